The van der Waals surface area contributed by atoms with Gasteiger partial charge in [0, 0.05) is 18.4 Å². The first-order valence-corrected chi connectivity index (χ1v) is 7.72. The Morgan fingerprint density at radius 3 is 2.67 bits per heavy atom. The van der Waals surface area contributed by atoms with Gasteiger partial charge < -0.3 is 10.2 Å². The number of amides is 1. The minimum absolute atomic E-state index is 0.153. The highest BCUT2D eigenvalue weighted by Gasteiger charge is 2.11. The van der Waals surface area contributed by atoms with Gasteiger partial charge in [0.05, 0.1) is 27.6 Å². The number of carbonyl (C=O) groups excluding carboxylic acids is 1. The number of aromatic nitrogens is 1. The predicted molar refractivity (Wildman–Crippen MR) is 92.1 cm³/mol. The van der Waals surface area contributed by atoms with E-state index in [0.717, 1.165) is 0 Å². The van der Waals surface area contributed by atoms with Gasteiger partial charge in [0.1, 0.15) is 7.11 Å². The van der Waals surface area contributed by atoms with E-state index in [2.05, 4.69) is 15.5 Å². The van der Waals surface area contributed by atoms with E-state index < -0.39 is 5.95 Å². The minimum Gasteiger partial charge on any atom is -0.399 e. The summed E-state index contributed by atoms with van der Waals surface area (Å²) in [5.41, 5.74) is 1.69. The van der Waals surface area contributed by atoms with E-state index in [1.165, 1.54) is 25.4 Å². The third kappa shape index (κ3) is 5.18. The van der Waals surface area contributed by atoms with Crippen LogP contribution in [0.4, 0.5) is 10.1 Å². The zero-order chi connectivity index (χ0) is 17.5. The molecule has 1 N–H and O–H groups in total. The van der Waals surface area contributed by atoms with Gasteiger partial charge in [-0.05, 0) is 24.3 Å². The Bertz CT molecular complexity index is 751. The molecular formula is C16H14Cl2FN3O2. The molecule has 0 unspecified atom stereocenters. The lowest BCUT2D eigenvalue weighted by atomic mass is 10.1. The number of anilines is 1. The van der Waals surface area contributed by atoms with Crippen LogP contribution in [-0.4, -0.2) is 23.7 Å². The maximum atomic E-state index is 12.7. The first-order valence-electron chi connectivity index (χ1n) is 6.96. The lowest BCUT2D eigenvalue weighted by Gasteiger charge is -2.08. The van der Waals surface area contributed by atoms with Crippen molar-refractivity contribution < 1.29 is 14.0 Å². The lowest BCUT2D eigenvalue weighted by molar-refractivity contribution is -0.116. The minimum atomic E-state index is -0.609. The van der Waals surface area contributed by atoms with Gasteiger partial charge in [0.25, 0.3) is 0 Å². The molecule has 1 heterocycles. The summed E-state index contributed by atoms with van der Waals surface area (Å²) in [6, 6.07) is 7.65. The summed E-state index contributed by atoms with van der Waals surface area (Å²) in [5.74, 6) is -0.866. The topological polar surface area (TPSA) is 63.6 Å². The molecule has 126 valence electrons. The average Bonchev–Trinajstić information content (AvgIpc) is 2.56. The van der Waals surface area contributed by atoms with Crippen molar-refractivity contribution in [3.8, 4) is 0 Å². The third-order valence-corrected chi connectivity index (χ3v) is 3.79. The molecule has 0 aliphatic rings. The van der Waals surface area contributed by atoms with Gasteiger partial charge in [0.15, 0.2) is 0 Å². The molecule has 0 aliphatic heterocycles. The maximum absolute atomic E-state index is 12.7. The fourth-order valence-electron chi connectivity index (χ4n) is 1.93. The average molecular weight is 370 g/mol. The number of pyridine rings is 1. The number of oxime groups is 1. The SMILES string of the molecule is CO/N=C(/CCC(=O)Nc1ccc(F)nc1)c1ccc(Cl)c(Cl)c1. The van der Waals surface area contributed by atoms with Gasteiger partial charge in [-0.2, -0.15) is 4.39 Å². The van der Waals surface area contributed by atoms with Crippen LogP contribution in [0, 0.1) is 5.95 Å². The van der Waals surface area contributed by atoms with Crippen molar-refractivity contribution in [3.05, 3.63) is 58.1 Å². The molecule has 2 aromatic rings. The molecule has 0 radical (unpaired) electrons. The zero-order valence-electron chi connectivity index (χ0n) is 12.7. The molecule has 1 aromatic carbocycles. The van der Waals surface area contributed by atoms with Crippen molar-refractivity contribution in [2.75, 3.05) is 12.4 Å². The Kier molecular flexibility index (Phi) is 6.52. The van der Waals surface area contributed by atoms with Crippen molar-refractivity contribution in [2.45, 2.75) is 12.8 Å². The number of nitrogens with one attached hydrogen (secondary N) is 1. The molecule has 0 spiro atoms. The Labute approximate surface area is 148 Å². The summed E-state index contributed by atoms with van der Waals surface area (Å²) in [5, 5.41) is 7.37. The highest BCUT2D eigenvalue weighted by atomic mass is 35.5. The van der Waals surface area contributed by atoms with Gasteiger partial charge in [0.2, 0.25) is 11.9 Å². The quantitative estimate of drug-likeness (QED) is 0.469. The predicted octanol–water partition coefficient (Wildman–Crippen LogP) is 4.30. The highest BCUT2D eigenvalue weighted by molar-refractivity contribution is 6.42. The number of benzene rings is 1. The van der Waals surface area contributed by atoms with Crippen LogP contribution in [0.2, 0.25) is 10.0 Å². The number of hydrogen-bond acceptors (Lipinski definition) is 4. The van der Waals surface area contributed by atoms with Crippen LogP contribution in [0.3, 0.4) is 0 Å². The molecule has 1 aromatic heterocycles. The summed E-state index contributed by atoms with van der Waals surface area (Å²) in [6.07, 6.45) is 1.72. The molecule has 0 fully saturated rings. The lowest BCUT2D eigenvalue weighted by Crippen LogP contribution is -2.14. The largest absolute Gasteiger partial charge is 0.399 e. The molecule has 5 nitrogen and oxygen atoms in total. The van der Waals surface area contributed by atoms with Gasteiger partial charge >= 0.3 is 0 Å². The van der Waals surface area contributed by atoms with Crippen LogP contribution in [0.1, 0.15) is 18.4 Å². The molecule has 0 saturated carbocycles. The molecular weight excluding hydrogens is 356 g/mol. The normalized spacial score (nSPS) is 11.2. The smallest absolute Gasteiger partial charge is 0.224 e. The van der Waals surface area contributed by atoms with Gasteiger partial charge in [-0.1, -0.05) is 34.4 Å². The first kappa shape index (κ1) is 18.2. The summed E-state index contributed by atoms with van der Waals surface area (Å²) < 4.78 is 12.7. The molecule has 0 atom stereocenters. The van der Waals surface area contributed by atoms with E-state index in [0.29, 0.717) is 33.4 Å². The van der Waals surface area contributed by atoms with E-state index in [4.69, 9.17) is 28.0 Å². The number of nitrogens with zero attached hydrogens (tertiary/aromatic N) is 2. The van der Waals surface area contributed by atoms with Crippen LogP contribution in [-0.2, 0) is 9.63 Å². The fraction of sp³-hybridized carbons (Fsp3) is 0.188. The molecule has 0 bridgehead atoms. The molecule has 1 amide bonds. The van der Waals surface area contributed by atoms with Crippen LogP contribution in [0.5, 0.6) is 0 Å². The number of carbonyl (C=O) groups is 1. The van der Waals surface area contributed by atoms with Crippen molar-refractivity contribution >= 4 is 40.5 Å². The van der Waals surface area contributed by atoms with Crippen LogP contribution in [0.25, 0.3) is 0 Å². The second-order valence-electron chi connectivity index (χ2n) is 4.77. The monoisotopic (exact) mass is 369 g/mol. The number of halogens is 3. The van der Waals surface area contributed by atoms with Crippen molar-refractivity contribution in [1.82, 2.24) is 4.98 Å². The van der Waals surface area contributed by atoms with Gasteiger partial charge in [-0.25, -0.2) is 4.98 Å². The van der Waals surface area contributed by atoms with Crippen molar-refractivity contribution in [1.29, 1.82) is 0 Å². The number of rotatable bonds is 6. The van der Waals surface area contributed by atoms with E-state index in [1.807, 2.05) is 0 Å². The highest BCUT2D eigenvalue weighted by Crippen LogP contribution is 2.23. The molecule has 0 saturated heterocycles. The Morgan fingerprint density at radius 2 is 2.04 bits per heavy atom. The Morgan fingerprint density at radius 1 is 1.25 bits per heavy atom. The Hall–Kier alpha value is -2.18. The standard InChI is InChI=1S/C16H14Cl2FN3O2/c1-24-22-14(10-2-4-12(17)13(18)8-10)5-7-16(23)21-11-3-6-15(19)20-9-11/h2-4,6,8-9H,5,7H2,1H3,(H,21,23)/b22-14-. The summed E-state index contributed by atoms with van der Waals surface area (Å²) in [7, 11) is 1.42. The first-order chi connectivity index (χ1) is 11.5. The van der Waals surface area contributed by atoms with E-state index >= 15 is 0 Å². The van der Waals surface area contributed by atoms with Crippen LogP contribution < -0.4 is 5.32 Å². The summed E-state index contributed by atoms with van der Waals surface area (Å²) in [4.78, 5) is 20.3. The third-order valence-electron chi connectivity index (χ3n) is 3.05. The second-order valence-corrected chi connectivity index (χ2v) is 5.58. The summed E-state index contributed by atoms with van der Waals surface area (Å²) in [6.45, 7) is 0. The van der Waals surface area contributed by atoms with E-state index in [1.54, 1.807) is 18.2 Å². The molecule has 2 rings (SSSR count). The molecule has 0 aliphatic carbocycles. The van der Waals surface area contributed by atoms with Gasteiger partial charge in [-0.3, -0.25) is 4.79 Å². The van der Waals surface area contributed by atoms with Crippen LogP contribution in [0.15, 0.2) is 41.7 Å². The molecule has 8 heteroatoms. The zero-order valence-corrected chi connectivity index (χ0v) is 14.2. The van der Waals surface area contributed by atoms with Crippen molar-refractivity contribution in [2.24, 2.45) is 5.16 Å². The molecule has 24 heavy (non-hydrogen) atoms. The fourth-order valence-corrected chi connectivity index (χ4v) is 2.23. The second kappa shape index (κ2) is 8.61. The van der Waals surface area contributed by atoms with E-state index in [9.17, 15) is 9.18 Å². The van der Waals surface area contributed by atoms with Gasteiger partial charge in [-0.15, -0.1) is 0 Å². The van der Waals surface area contributed by atoms with Crippen LogP contribution >= 0.6 is 23.2 Å². The number of hydrogen-bond donors (Lipinski definition) is 1. The maximum Gasteiger partial charge on any atom is 0.224 e. The van der Waals surface area contributed by atoms with Crippen molar-refractivity contribution in [3.63, 3.8) is 0 Å². The van der Waals surface area contributed by atoms with E-state index in [-0.39, 0.29) is 12.3 Å². The Balaban J connectivity index is 2.00. The summed E-state index contributed by atoms with van der Waals surface area (Å²) >= 11 is 11.9.